The van der Waals surface area contributed by atoms with Gasteiger partial charge in [-0.05, 0) is 12.8 Å². The topological polar surface area (TPSA) is 149 Å². The number of phosphoric ester groups is 1. The minimum Gasteiger partial charge on any atom is -0.462 e. The highest BCUT2D eigenvalue weighted by Gasteiger charge is 2.27. The van der Waals surface area contributed by atoms with Crippen LogP contribution in [0.2, 0.25) is 0 Å². The second-order valence-electron chi connectivity index (χ2n) is 11.9. The van der Waals surface area contributed by atoms with Crippen molar-refractivity contribution in [2.45, 2.75) is 174 Å². The molecule has 0 heterocycles. The van der Waals surface area contributed by atoms with Crippen LogP contribution in [0.3, 0.4) is 0 Å². The number of aliphatic hydroxyl groups is 2. The third-order valence-electron chi connectivity index (χ3n) is 7.51. The van der Waals surface area contributed by atoms with Gasteiger partial charge in [0.25, 0.3) is 0 Å². The summed E-state index contributed by atoms with van der Waals surface area (Å²) >= 11 is 0. The Morgan fingerprint density at radius 2 is 0.977 bits per heavy atom. The lowest BCUT2D eigenvalue weighted by Gasteiger charge is -2.20. The predicted octanol–water partition coefficient (Wildman–Crippen LogP) is 7.94. The average Bonchev–Trinajstić information content (AvgIpc) is 3.01. The number of carbonyl (C=O) groups excluding carboxylic acids is 2. The Balaban J connectivity index is 4.17. The molecule has 3 atom stereocenters. The van der Waals surface area contributed by atoms with Crippen LogP contribution in [0.15, 0.2) is 0 Å². The van der Waals surface area contributed by atoms with Gasteiger partial charge in [-0.25, -0.2) is 4.57 Å². The number of ether oxygens (including phenoxy) is 2. The lowest BCUT2D eigenvalue weighted by Crippen LogP contribution is -2.29. The molecule has 0 amide bonds. The lowest BCUT2D eigenvalue weighted by molar-refractivity contribution is -0.161. The van der Waals surface area contributed by atoms with Crippen LogP contribution < -0.4 is 0 Å². The normalized spacial score (nSPS) is 14.2. The summed E-state index contributed by atoms with van der Waals surface area (Å²) in [5, 5.41) is 18.1. The minimum absolute atomic E-state index is 0.191. The maximum absolute atomic E-state index is 12.4. The molecule has 0 saturated carbocycles. The van der Waals surface area contributed by atoms with Gasteiger partial charge in [-0.2, -0.15) is 0 Å². The molecule has 0 spiro atoms. The molecular weight excluding hydrogens is 587 g/mol. The van der Waals surface area contributed by atoms with Crippen molar-refractivity contribution in [1.82, 2.24) is 0 Å². The number of carbonyl (C=O) groups is 2. The molecule has 0 aliphatic heterocycles. The van der Waals surface area contributed by atoms with Gasteiger partial charge in [-0.1, -0.05) is 136 Å². The number of unbranched alkanes of at least 4 members (excludes halogenated alkanes) is 19. The fourth-order valence-electron chi connectivity index (χ4n) is 4.76. The van der Waals surface area contributed by atoms with Gasteiger partial charge < -0.3 is 24.6 Å². The molecule has 0 aliphatic rings. The van der Waals surface area contributed by atoms with E-state index in [2.05, 4.69) is 18.4 Å². The molecule has 0 aromatic carbocycles. The zero-order valence-electron chi connectivity index (χ0n) is 27.9. The Morgan fingerprint density at radius 3 is 1.43 bits per heavy atom. The predicted molar refractivity (Wildman–Crippen MR) is 173 cm³/mol. The van der Waals surface area contributed by atoms with Crippen molar-refractivity contribution in [3.05, 3.63) is 0 Å². The van der Waals surface area contributed by atoms with E-state index in [-0.39, 0.29) is 19.4 Å². The van der Waals surface area contributed by atoms with Gasteiger partial charge in [0.2, 0.25) is 0 Å². The summed E-state index contributed by atoms with van der Waals surface area (Å²) in [5.74, 6) is -0.937. The fraction of sp³-hybridized carbons (Fsp3) is 0.939. The van der Waals surface area contributed by atoms with E-state index in [1.807, 2.05) is 0 Å². The number of rotatable bonds is 33. The van der Waals surface area contributed by atoms with Crippen LogP contribution in [0.1, 0.15) is 162 Å². The first-order valence-corrected chi connectivity index (χ1v) is 19.0. The molecule has 0 bridgehead atoms. The smallest absolute Gasteiger partial charge is 0.462 e. The van der Waals surface area contributed by atoms with Crippen molar-refractivity contribution in [2.75, 3.05) is 26.4 Å². The van der Waals surface area contributed by atoms with E-state index in [1.54, 1.807) is 0 Å². The first kappa shape index (κ1) is 43.0. The number of hydrogen-bond acceptors (Lipinski definition) is 9. The van der Waals surface area contributed by atoms with Crippen LogP contribution >= 0.6 is 7.82 Å². The van der Waals surface area contributed by atoms with Crippen LogP contribution in [0.4, 0.5) is 0 Å². The first-order chi connectivity index (χ1) is 21.2. The maximum Gasteiger partial charge on any atom is 0.472 e. The SMILES string of the molecule is CCCCCCCCCCCCCCCCCCCC(=O)OC(COC(=O)CCCCCC)COP(=O)(O)OCC(O)CO. The first-order valence-electron chi connectivity index (χ1n) is 17.5. The van der Waals surface area contributed by atoms with Gasteiger partial charge in [0.1, 0.15) is 12.7 Å². The van der Waals surface area contributed by atoms with Crippen molar-refractivity contribution in [1.29, 1.82) is 0 Å². The quantitative estimate of drug-likeness (QED) is 0.0362. The monoisotopic (exact) mass is 652 g/mol. The van der Waals surface area contributed by atoms with Crippen molar-refractivity contribution in [2.24, 2.45) is 0 Å². The molecule has 0 fully saturated rings. The average molecular weight is 653 g/mol. The highest BCUT2D eigenvalue weighted by atomic mass is 31.2. The van der Waals surface area contributed by atoms with E-state index < -0.39 is 51.8 Å². The molecule has 11 heteroatoms. The molecule has 44 heavy (non-hydrogen) atoms. The summed E-state index contributed by atoms with van der Waals surface area (Å²) in [6, 6.07) is 0. The zero-order valence-corrected chi connectivity index (χ0v) is 28.8. The largest absolute Gasteiger partial charge is 0.472 e. The molecule has 0 saturated heterocycles. The molecule has 0 rings (SSSR count). The summed E-state index contributed by atoms with van der Waals surface area (Å²) in [6.45, 7) is 2.24. The van der Waals surface area contributed by atoms with E-state index in [1.165, 1.54) is 83.5 Å². The fourth-order valence-corrected chi connectivity index (χ4v) is 5.55. The summed E-state index contributed by atoms with van der Waals surface area (Å²) < 4.78 is 32.2. The Morgan fingerprint density at radius 1 is 0.591 bits per heavy atom. The Hall–Kier alpha value is -1.03. The Labute approximate surface area is 267 Å². The van der Waals surface area contributed by atoms with E-state index in [0.717, 1.165) is 38.5 Å². The molecule has 0 radical (unpaired) electrons. The molecule has 3 N–H and O–H groups in total. The van der Waals surface area contributed by atoms with Crippen LogP contribution in [0.25, 0.3) is 0 Å². The molecule has 10 nitrogen and oxygen atoms in total. The summed E-state index contributed by atoms with van der Waals surface area (Å²) in [5.41, 5.74) is 0. The van der Waals surface area contributed by atoms with Gasteiger partial charge in [-0.3, -0.25) is 18.6 Å². The van der Waals surface area contributed by atoms with Crippen molar-refractivity contribution < 1.29 is 47.8 Å². The molecule has 3 unspecified atom stereocenters. The molecule has 0 aliphatic carbocycles. The van der Waals surface area contributed by atoms with Gasteiger partial charge in [0, 0.05) is 12.8 Å². The van der Waals surface area contributed by atoms with Crippen LogP contribution in [0, 0.1) is 0 Å². The van der Waals surface area contributed by atoms with Gasteiger partial charge in [0.15, 0.2) is 6.10 Å². The highest BCUT2D eigenvalue weighted by Crippen LogP contribution is 2.43. The lowest BCUT2D eigenvalue weighted by atomic mass is 10.0. The van der Waals surface area contributed by atoms with Crippen LogP contribution in [-0.2, 0) is 32.7 Å². The minimum atomic E-state index is -4.59. The zero-order chi connectivity index (χ0) is 32.7. The number of aliphatic hydroxyl groups excluding tert-OH is 2. The van der Waals surface area contributed by atoms with E-state index in [0.29, 0.717) is 12.8 Å². The van der Waals surface area contributed by atoms with Gasteiger partial charge in [0.05, 0.1) is 19.8 Å². The Kier molecular flexibility index (Phi) is 29.9. The maximum atomic E-state index is 12.4. The summed E-state index contributed by atoms with van der Waals surface area (Å²) in [6.07, 6.45) is 22.9. The number of phosphoric acid groups is 1. The van der Waals surface area contributed by atoms with Crippen LogP contribution in [-0.4, -0.2) is 65.7 Å². The van der Waals surface area contributed by atoms with Crippen molar-refractivity contribution >= 4 is 19.8 Å². The van der Waals surface area contributed by atoms with Crippen molar-refractivity contribution in [3.63, 3.8) is 0 Å². The summed E-state index contributed by atoms with van der Waals surface area (Å²) in [7, 11) is -4.59. The third-order valence-corrected chi connectivity index (χ3v) is 8.46. The Bertz CT molecular complexity index is 721. The number of esters is 2. The molecule has 0 aromatic rings. The number of hydrogen-bond donors (Lipinski definition) is 3. The van der Waals surface area contributed by atoms with Crippen LogP contribution in [0.5, 0.6) is 0 Å². The van der Waals surface area contributed by atoms with Gasteiger partial charge >= 0.3 is 19.8 Å². The highest BCUT2D eigenvalue weighted by molar-refractivity contribution is 7.47. The van der Waals surface area contributed by atoms with E-state index in [4.69, 9.17) is 19.1 Å². The second-order valence-corrected chi connectivity index (χ2v) is 13.4. The molecule has 0 aromatic heterocycles. The molecular formula is C33H65O10P. The van der Waals surface area contributed by atoms with E-state index in [9.17, 15) is 24.2 Å². The van der Waals surface area contributed by atoms with Gasteiger partial charge in [-0.15, -0.1) is 0 Å². The second kappa shape index (κ2) is 30.6. The standard InChI is InChI=1S/C33H65O10P/c1-3-5-7-9-10-11-12-13-14-15-16-17-18-19-20-21-23-25-33(37)43-31(28-40-32(36)24-22-8-6-4-2)29-42-44(38,39)41-27-30(35)26-34/h30-31,34-35H,3-29H2,1-2H3,(H,38,39). The molecule has 262 valence electrons. The van der Waals surface area contributed by atoms with Crippen molar-refractivity contribution in [3.8, 4) is 0 Å². The van der Waals surface area contributed by atoms with E-state index >= 15 is 0 Å². The third kappa shape index (κ3) is 29.7. The summed E-state index contributed by atoms with van der Waals surface area (Å²) in [4.78, 5) is 34.3.